The fraction of sp³-hybridized carbons (Fsp3) is 0.0189. The van der Waals surface area contributed by atoms with Crippen molar-refractivity contribution in [2.45, 2.75) is 5.41 Å². The molecule has 2 aliphatic carbocycles. The van der Waals surface area contributed by atoms with Crippen LogP contribution in [0.5, 0.6) is 0 Å². The van der Waals surface area contributed by atoms with E-state index in [2.05, 4.69) is 170 Å². The molecule has 0 amide bonds. The van der Waals surface area contributed by atoms with Gasteiger partial charge in [-0.1, -0.05) is 194 Å². The van der Waals surface area contributed by atoms with Crippen LogP contribution in [0, 0.1) is 0 Å². The summed E-state index contributed by atoms with van der Waals surface area (Å²) in [6.07, 6.45) is 0. The molecule has 2 nitrogen and oxygen atoms in total. The first-order valence-electron chi connectivity index (χ1n) is 18.9. The van der Waals surface area contributed by atoms with Crippen molar-refractivity contribution in [2.75, 3.05) is 0 Å². The second-order valence-electron chi connectivity index (χ2n) is 14.5. The molecule has 8 aromatic carbocycles. The fourth-order valence-electron chi connectivity index (χ4n) is 9.04. The molecular weight excluding hydrogens is 665 g/mol. The van der Waals surface area contributed by atoms with Crippen LogP contribution >= 0.6 is 0 Å². The third kappa shape index (κ3) is 4.89. The summed E-state index contributed by atoms with van der Waals surface area (Å²) in [5, 5.41) is 0. The van der Waals surface area contributed by atoms with Crippen molar-refractivity contribution >= 4 is 0 Å². The van der Waals surface area contributed by atoms with Gasteiger partial charge in [-0.15, -0.1) is 0 Å². The topological polar surface area (TPSA) is 25.8 Å². The van der Waals surface area contributed by atoms with Gasteiger partial charge in [0.25, 0.3) is 0 Å². The summed E-state index contributed by atoms with van der Waals surface area (Å²) >= 11 is 0. The van der Waals surface area contributed by atoms with E-state index < -0.39 is 0 Å². The van der Waals surface area contributed by atoms with Gasteiger partial charge < -0.3 is 0 Å². The minimum atomic E-state index is -0.314. The smallest absolute Gasteiger partial charge is 0.160 e. The highest BCUT2D eigenvalue weighted by atomic mass is 14.9. The lowest BCUT2D eigenvalue weighted by molar-refractivity contribution is 0.794. The number of fused-ring (bicyclic) bond motifs is 10. The van der Waals surface area contributed by atoms with Gasteiger partial charge in [-0.25, -0.2) is 9.97 Å². The van der Waals surface area contributed by atoms with Crippen molar-refractivity contribution < 1.29 is 0 Å². The Labute approximate surface area is 321 Å². The van der Waals surface area contributed by atoms with Gasteiger partial charge >= 0.3 is 0 Å². The molecule has 55 heavy (non-hydrogen) atoms. The summed E-state index contributed by atoms with van der Waals surface area (Å²) in [6, 6.07) is 74.4. The molecule has 0 bridgehead atoms. The molecule has 0 fully saturated rings. The molecule has 0 unspecified atom stereocenters. The van der Waals surface area contributed by atoms with Crippen LogP contribution in [-0.2, 0) is 5.41 Å². The SMILES string of the molecule is c1ccc(-c2cc(-c3ccc(-c4ccc(-c5ccc6c(c5)-c5ccccc5C65c6ccccc6-c6ccccc65)cc4)cc3)nc(-c3ccccc3)n2)cc1. The molecular formula is C53H34N2. The molecule has 9 aromatic rings. The van der Waals surface area contributed by atoms with Gasteiger partial charge in [0.15, 0.2) is 5.82 Å². The van der Waals surface area contributed by atoms with Gasteiger partial charge in [-0.3, -0.25) is 0 Å². The first-order chi connectivity index (χ1) is 27.3. The molecule has 2 heteroatoms. The van der Waals surface area contributed by atoms with Crippen LogP contribution in [0.25, 0.3) is 78.4 Å². The molecule has 2 aliphatic rings. The van der Waals surface area contributed by atoms with Crippen LogP contribution in [0.3, 0.4) is 0 Å². The van der Waals surface area contributed by atoms with E-state index >= 15 is 0 Å². The highest BCUT2D eigenvalue weighted by molar-refractivity contribution is 5.96. The third-order valence-electron chi connectivity index (χ3n) is 11.6. The van der Waals surface area contributed by atoms with Crippen LogP contribution in [0.4, 0.5) is 0 Å². The fourth-order valence-corrected chi connectivity index (χ4v) is 9.04. The number of nitrogens with zero attached hydrogens (tertiary/aromatic N) is 2. The van der Waals surface area contributed by atoms with Crippen molar-refractivity contribution in [3.8, 4) is 78.4 Å². The van der Waals surface area contributed by atoms with Crippen molar-refractivity contribution in [1.29, 1.82) is 0 Å². The minimum Gasteiger partial charge on any atom is -0.228 e. The largest absolute Gasteiger partial charge is 0.228 e. The number of benzene rings is 8. The first kappa shape index (κ1) is 31.4. The van der Waals surface area contributed by atoms with E-state index in [1.54, 1.807) is 0 Å². The highest BCUT2D eigenvalue weighted by Crippen LogP contribution is 2.62. The number of aromatic nitrogens is 2. The van der Waals surface area contributed by atoms with Gasteiger partial charge in [0.05, 0.1) is 16.8 Å². The maximum absolute atomic E-state index is 5.02. The summed E-state index contributed by atoms with van der Waals surface area (Å²) in [5.74, 6) is 0.722. The van der Waals surface area contributed by atoms with Crippen LogP contribution in [0.2, 0.25) is 0 Å². The number of rotatable bonds is 5. The maximum Gasteiger partial charge on any atom is 0.160 e. The molecule has 0 N–H and O–H groups in total. The molecule has 1 heterocycles. The monoisotopic (exact) mass is 698 g/mol. The van der Waals surface area contributed by atoms with Gasteiger partial charge in [0.2, 0.25) is 0 Å². The standard InChI is InChI=1S/C53H34N2/c1-3-13-38(14-4-1)50-34-51(55-52(54-50)40-15-5-2-6-16-40)39-29-27-36(28-30-39)35-23-25-37(26-24-35)41-31-32-49-45(33-41)44-19-9-12-22-48(44)53(49)46-20-10-7-17-42(46)43-18-8-11-21-47(43)53/h1-34H. The predicted octanol–water partition coefficient (Wildman–Crippen LogP) is 13.2. The van der Waals surface area contributed by atoms with Gasteiger partial charge in [0, 0.05) is 16.7 Å². The average molecular weight is 699 g/mol. The molecule has 256 valence electrons. The van der Waals surface area contributed by atoms with Crippen molar-refractivity contribution in [2.24, 2.45) is 0 Å². The summed E-state index contributed by atoms with van der Waals surface area (Å²) in [4.78, 5) is 9.97. The first-order valence-corrected chi connectivity index (χ1v) is 18.9. The lowest BCUT2D eigenvalue weighted by Crippen LogP contribution is -2.25. The van der Waals surface area contributed by atoms with Crippen LogP contribution in [0.1, 0.15) is 22.3 Å². The lowest BCUT2D eigenvalue weighted by Gasteiger charge is -2.30. The Morgan fingerprint density at radius 1 is 0.255 bits per heavy atom. The van der Waals surface area contributed by atoms with E-state index in [0.717, 1.165) is 33.9 Å². The van der Waals surface area contributed by atoms with Crippen molar-refractivity contribution in [3.05, 3.63) is 229 Å². The Kier molecular flexibility index (Phi) is 7.11. The third-order valence-corrected chi connectivity index (χ3v) is 11.6. The van der Waals surface area contributed by atoms with Gasteiger partial charge in [-0.05, 0) is 78.9 Å². The Balaban J connectivity index is 0.932. The Hall–Kier alpha value is -7.16. The quantitative estimate of drug-likeness (QED) is 0.179. The minimum absolute atomic E-state index is 0.314. The van der Waals surface area contributed by atoms with E-state index in [1.807, 2.05) is 36.4 Å². The van der Waals surface area contributed by atoms with Crippen LogP contribution < -0.4 is 0 Å². The molecule has 0 atom stereocenters. The molecule has 1 aromatic heterocycles. The van der Waals surface area contributed by atoms with E-state index in [9.17, 15) is 0 Å². The van der Waals surface area contributed by atoms with E-state index in [1.165, 1.54) is 66.8 Å². The average Bonchev–Trinajstić information content (AvgIpc) is 3.74. The van der Waals surface area contributed by atoms with Crippen LogP contribution in [0.15, 0.2) is 206 Å². The summed E-state index contributed by atoms with van der Waals surface area (Å²) in [5.41, 5.74) is 20.2. The lowest BCUT2D eigenvalue weighted by atomic mass is 9.70. The second-order valence-corrected chi connectivity index (χ2v) is 14.5. The molecule has 0 saturated heterocycles. The molecule has 0 aliphatic heterocycles. The van der Waals surface area contributed by atoms with E-state index in [4.69, 9.17) is 9.97 Å². The Bertz CT molecular complexity index is 2790. The predicted molar refractivity (Wildman–Crippen MR) is 226 cm³/mol. The van der Waals surface area contributed by atoms with E-state index in [-0.39, 0.29) is 5.41 Å². The van der Waals surface area contributed by atoms with Crippen LogP contribution in [-0.4, -0.2) is 9.97 Å². The maximum atomic E-state index is 5.02. The van der Waals surface area contributed by atoms with E-state index in [0.29, 0.717) is 0 Å². The highest BCUT2D eigenvalue weighted by Gasteiger charge is 2.51. The zero-order chi connectivity index (χ0) is 36.3. The molecule has 1 spiro atoms. The molecule has 11 rings (SSSR count). The normalized spacial score (nSPS) is 12.9. The Morgan fingerprint density at radius 3 is 1.15 bits per heavy atom. The second kappa shape index (κ2) is 12.5. The van der Waals surface area contributed by atoms with Gasteiger partial charge in [0.1, 0.15) is 0 Å². The van der Waals surface area contributed by atoms with Gasteiger partial charge in [-0.2, -0.15) is 0 Å². The zero-order valence-corrected chi connectivity index (χ0v) is 30.0. The molecule has 0 radical (unpaired) electrons. The van der Waals surface area contributed by atoms with Crippen molar-refractivity contribution in [3.63, 3.8) is 0 Å². The summed E-state index contributed by atoms with van der Waals surface area (Å²) in [7, 11) is 0. The van der Waals surface area contributed by atoms with Crippen molar-refractivity contribution in [1.82, 2.24) is 9.97 Å². The number of hydrogen-bond acceptors (Lipinski definition) is 2. The Morgan fingerprint density at radius 2 is 0.618 bits per heavy atom. The summed E-state index contributed by atoms with van der Waals surface area (Å²) < 4.78 is 0. The number of hydrogen-bond donors (Lipinski definition) is 0. The summed E-state index contributed by atoms with van der Waals surface area (Å²) in [6.45, 7) is 0. The molecule has 0 saturated carbocycles. The zero-order valence-electron chi connectivity index (χ0n) is 30.0.